The van der Waals surface area contributed by atoms with Gasteiger partial charge >= 0.3 is 11.0 Å². The third-order valence-electron chi connectivity index (χ3n) is 6.63. The summed E-state index contributed by atoms with van der Waals surface area (Å²) in [4.78, 5) is 43.4. The summed E-state index contributed by atoms with van der Waals surface area (Å²) in [5.41, 5.74) is 1.67. The molecule has 1 aromatic heterocycles. The Labute approximate surface area is 217 Å². The van der Waals surface area contributed by atoms with Gasteiger partial charge in [0.1, 0.15) is 5.25 Å². The van der Waals surface area contributed by atoms with Crippen LogP contribution in [0.5, 0.6) is 0 Å². The normalized spacial score (nSPS) is 21.2. The molecule has 2 aliphatic heterocycles. The molecule has 2 aliphatic rings. The van der Waals surface area contributed by atoms with Crippen molar-refractivity contribution in [3.8, 4) is 11.1 Å². The molecule has 186 valence electrons. The number of hydrogen-bond donors (Lipinski definition) is 1. The number of imide groups is 1. The number of nitrogens with zero attached hydrogens (tertiary/aromatic N) is 1. The number of carbonyl (C=O) groups is 2. The van der Waals surface area contributed by atoms with Gasteiger partial charge < -0.3 is 4.98 Å². The van der Waals surface area contributed by atoms with Crippen molar-refractivity contribution < 1.29 is 22.8 Å². The van der Waals surface area contributed by atoms with E-state index in [9.17, 15) is 27.6 Å². The van der Waals surface area contributed by atoms with E-state index in [1.807, 2.05) is 54.6 Å². The van der Waals surface area contributed by atoms with Crippen LogP contribution in [0.1, 0.15) is 21.9 Å². The lowest BCUT2D eigenvalue weighted by atomic mass is 9.82. The van der Waals surface area contributed by atoms with E-state index in [-0.39, 0.29) is 10.6 Å². The van der Waals surface area contributed by atoms with Crippen molar-refractivity contribution in [1.29, 1.82) is 0 Å². The standard InChI is InChI=1S/C27H17F3N2O3S2/c28-27(29,30)17-7-4-8-18(13-17)32-24(33)20-19(21-23(31-26(35)37-21)36-22(20)25(32)34)16-11-9-15(10-12-16)14-5-2-1-3-6-14/h1-13,19-20,22H,(H,31,35). The lowest BCUT2D eigenvalue weighted by Crippen LogP contribution is -2.32. The molecule has 37 heavy (non-hydrogen) atoms. The Balaban J connectivity index is 1.43. The molecule has 3 unspecified atom stereocenters. The second-order valence-electron chi connectivity index (χ2n) is 8.80. The molecule has 2 amide bonds. The molecule has 6 rings (SSSR count). The number of aromatic amines is 1. The first kappa shape index (κ1) is 23.7. The summed E-state index contributed by atoms with van der Waals surface area (Å²) in [6, 6.07) is 21.6. The SMILES string of the molecule is O=C1C2Sc3[nH]c(=O)sc3C(c3ccc(-c4ccccc4)cc3)C2C(=O)N1c1cccc(C(F)(F)F)c1. The third-order valence-corrected chi connectivity index (χ3v) is 9.03. The zero-order chi connectivity index (χ0) is 25.9. The van der Waals surface area contributed by atoms with E-state index in [2.05, 4.69) is 4.98 Å². The number of H-pyrrole nitrogens is 1. The number of halogens is 3. The molecule has 3 heterocycles. The van der Waals surface area contributed by atoms with Crippen molar-refractivity contribution >= 4 is 40.6 Å². The number of rotatable bonds is 3. The zero-order valence-corrected chi connectivity index (χ0v) is 20.5. The van der Waals surface area contributed by atoms with Gasteiger partial charge in [-0.25, -0.2) is 4.90 Å². The summed E-state index contributed by atoms with van der Waals surface area (Å²) in [7, 11) is 0. The molecule has 5 nitrogen and oxygen atoms in total. The Morgan fingerprint density at radius 2 is 1.51 bits per heavy atom. The van der Waals surface area contributed by atoms with Gasteiger partial charge in [0.2, 0.25) is 11.8 Å². The minimum Gasteiger partial charge on any atom is -0.307 e. The first-order chi connectivity index (χ1) is 17.7. The fourth-order valence-corrected chi connectivity index (χ4v) is 7.48. The van der Waals surface area contributed by atoms with Gasteiger partial charge in [0.15, 0.2) is 0 Å². The number of aromatic nitrogens is 1. The Bertz CT molecular complexity index is 1580. The molecule has 3 aromatic carbocycles. The number of thioether (sulfide) groups is 1. The van der Waals surface area contributed by atoms with Crippen LogP contribution in [-0.2, 0) is 15.8 Å². The van der Waals surface area contributed by atoms with Gasteiger partial charge in [0.05, 0.1) is 22.2 Å². The highest BCUT2D eigenvalue weighted by Gasteiger charge is 2.56. The molecule has 4 aromatic rings. The van der Waals surface area contributed by atoms with E-state index in [1.54, 1.807) is 0 Å². The molecular formula is C27H17F3N2O3S2. The van der Waals surface area contributed by atoms with Gasteiger partial charge in [-0.15, -0.1) is 0 Å². The molecule has 0 saturated carbocycles. The van der Waals surface area contributed by atoms with Crippen molar-refractivity contribution in [1.82, 2.24) is 4.98 Å². The average Bonchev–Trinajstić information content (AvgIpc) is 3.38. The fraction of sp³-hybridized carbons (Fsp3) is 0.148. The molecule has 0 radical (unpaired) electrons. The second kappa shape index (κ2) is 8.74. The van der Waals surface area contributed by atoms with E-state index in [1.165, 1.54) is 12.1 Å². The molecular weight excluding hydrogens is 521 g/mol. The van der Waals surface area contributed by atoms with E-state index in [0.29, 0.717) is 9.90 Å². The van der Waals surface area contributed by atoms with Crippen molar-refractivity contribution in [2.45, 2.75) is 22.4 Å². The predicted octanol–water partition coefficient (Wildman–Crippen LogP) is 5.92. The number of benzene rings is 3. The highest BCUT2D eigenvalue weighted by Crippen LogP contribution is 2.53. The van der Waals surface area contributed by atoms with Crippen LogP contribution in [0.4, 0.5) is 18.9 Å². The quantitative estimate of drug-likeness (QED) is 0.329. The summed E-state index contributed by atoms with van der Waals surface area (Å²) in [5.74, 6) is -2.63. The fourth-order valence-electron chi connectivity index (χ4n) is 4.97. The summed E-state index contributed by atoms with van der Waals surface area (Å²) < 4.78 is 40.0. The maximum absolute atomic E-state index is 13.7. The van der Waals surface area contributed by atoms with Gasteiger partial charge in [-0.2, -0.15) is 13.2 Å². The average molecular weight is 539 g/mol. The maximum Gasteiger partial charge on any atom is 0.416 e. The van der Waals surface area contributed by atoms with E-state index >= 15 is 0 Å². The van der Waals surface area contributed by atoms with E-state index in [4.69, 9.17) is 0 Å². The lowest BCUT2D eigenvalue weighted by Gasteiger charge is -2.30. The van der Waals surface area contributed by atoms with E-state index < -0.39 is 40.6 Å². The van der Waals surface area contributed by atoms with Gasteiger partial charge in [-0.1, -0.05) is 83.8 Å². The predicted molar refractivity (Wildman–Crippen MR) is 136 cm³/mol. The molecule has 0 bridgehead atoms. The molecule has 0 spiro atoms. The Morgan fingerprint density at radius 3 is 2.22 bits per heavy atom. The number of alkyl halides is 3. The van der Waals surface area contributed by atoms with E-state index in [0.717, 1.165) is 56.8 Å². The summed E-state index contributed by atoms with van der Waals surface area (Å²) in [6.07, 6.45) is -4.62. The summed E-state index contributed by atoms with van der Waals surface area (Å²) in [5, 5.41) is -0.362. The van der Waals surface area contributed by atoms with Crippen molar-refractivity contribution in [2.24, 2.45) is 5.92 Å². The topological polar surface area (TPSA) is 70.2 Å². The van der Waals surface area contributed by atoms with Crippen LogP contribution in [0.25, 0.3) is 11.1 Å². The number of fused-ring (bicyclic) bond motifs is 2. The highest BCUT2D eigenvalue weighted by molar-refractivity contribution is 8.00. The molecule has 3 atom stereocenters. The van der Waals surface area contributed by atoms with Gasteiger partial charge in [0.25, 0.3) is 0 Å². The molecule has 1 fully saturated rings. The van der Waals surface area contributed by atoms with Crippen LogP contribution in [-0.4, -0.2) is 22.0 Å². The van der Waals surface area contributed by atoms with Crippen molar-refractivity contribution in [3.63, 3.8) is 0 Å². The Morgan fingerprint density at radius 1 is 0.811 bits per heavy atom. The van der Waals surface area contributed by atoms with Crippen molar-refractivity contribution in [2.75, 3.05) is 4.90 Å². The summed E-state index contributed by atoms with van der Waals surface area (Å²) in [6.45, 7) is 0. The number of thiazole rings is 1. The van der Waals surface area contributed by atoms with Gasteiger partial charge in [-0.3, -0.25) is 14.4 Å². The van der Waals surface area contributed by atoms with Crippen LogP contribution < -0.4 is 9.77 Å². The minimum atomic E-state index is -4.62. The molecule has 1 N–H and O–H groups in total. The second-order valence-corrected chi connectivity index (χ2v) is 11.0. The van der Waals surface area contributed by atoms with Crippen LogP contribution in [0.2, 0.25) is 0 Å². The van der Waals surface area contributed by atoms with Crippen LogP contribution in [0.15, 0.2) is 88.7 Å². The highest BCUT2D eigenvalue weighted by atomic mass is 32.2. The zero-order valence-electron chi connectivity index (χ0n) is 18.9. The third kappa shape index (κ3) is 4.00. The smallest absolute Gasteiger partial charge is 0.307 e. The largest absolute Gasteiger partial charge is 0.416 e. The molecule has 10 heteroatoms. The Kier molecular flexibility index (Phi) is 5.61. The van der Waals surface area contributed by atoms with Crippen molar-refractivity contribution in [3.05, 3.63) is 105 Å². The van der Waals surface area contributed by atoms with Crippen LogP contribution >= 0.6 is 23.1 Å². The van der Waals surface area contributed by atoms with Crippen LogP contribution in [0.3, 0.4) is 0 Å². The lowest BCUT2D eigenvalue weighted by molar-refractivity contribution is -0.137. The van der Waals surface area contributed by atoms with Gasteiger partial charge in [0, 0.05) is 10.8 Å². The Hall–Kier alpha value is -3.63. The minimum absolute atomic E-state index is 0.116. The number of amides is 2. The maximum atomic E-state index is 13.7. The van der Waals surface area contributed by atoms with Gasteiger partial charge in [-0.05, 0) is 34.9 Å². The number of nitrogens with one attached hydrogen (secondary N) is 1. The number of hydrogen-bond acceptors (Lipinski definition) is 5. The number of carbonyl (C=O) groups excluding carboxylic acids is 2. The number of anilines is 1. The van der Waals surface area contributed by atoms with Crippen LogP contribution in [0, 0.1) is 5.92 Å². The first-order valence-electron chi connectivity index (χ1n) is 11.3. The molecule has 0 aliphatic carbocycles. The summed E-state index contributed by atoms with van der Waals surface area (Å²) >= 11 is 2.07. The monoisotopic (exact) mass is 538 g/mol. The molecule has 1 saturated heterocycles. The first-order valence-corrected chi connectivity index (χ1v) is 13.0.